The number of aromatic nitrogens is 1. The molecule has 1 heterocycles. The number of nitrogens with zero attached hydrogens (tertiary/aromatic N) is 2. The zero-order chi connectivity index (χ0) is 19.3. The molecule has 0 saturated carbocycles. The number of carbonyl (C=O) groups is 1. The molecule has 0 radical (unpaired) electrons. The van der Waals surface area contributed by atoms with Gasteiger partial charge >= 0.3 is 0 Å². The van der Waals surface area contributed by atoms with Crippen LogP contribution in [0.15, 0.2) is 36.4 Å². The van der Waals surface area contributed by atoms with E-state index in [1.165, 1.54) is 16.9 Å². The Bertz CT molecular complexity index is 877. The van der Waals surface area contributed by atoms with E-state index in [4.69, 9.17) is 0 Å². The third-order valence-corrected chi connectivity index (χ3v) is 5.57. The molecule has 1 aromatic carbocycles. The molecule has 0 spiro atoms. The van der Waals surface area contributed by atoms with Crippen LogP contribution >= 0.6 is 0 Å². The molecule has 1 aromatic heterocycles. The van der Waals surface area contributed by atoms with E-state index in [9.17, 15) is 13.2 Å². The van der Waals surface area contributed by atoms with Crippen LogP contribution in [0.4, 0.5) is 0 Å². The molecule has 7 heteroatoms. The lowest BCUT2D eigenvalue weighted by Crippen LogP contribution is -2.35. The molecule has 0 aliphatic heterocycles. The lowest BCUT2D eigenvalue weighted by atomic mass is 10.1. The second-order valence-electron chi connectivity index (χ2n) is 6.23. The van der Waals surface area contributed by atoms with Crippen molar-refractivity contribution in [2.24, 2.45) is 0 Å². The number of hydrogen-bond acceptors (Lipinski definition) is 4. The fraction of sp³-hybridized carbons (Fsp3) is 0.368. The van der Waals surface area contributed by atoms with E-state index in [1.807, 2.05) is 25.1 Å². The van der Waals surface area contributed by atoms with Gasteiger partial charge in [-0.1, -0.05) is 25.1 Å². The summed E-state index contributed by atoms with van der Waals surface area (Å²) in [5.74, 6) is -0.232. The Morgan fingerprint density at radius 3 is 2.38 bits per heavy atom. The smallest absolute Gasteiger partial charge is 0.251 e. The number of benzene rings is 1. The third-order valence-electron chi connectivity index (χ3n) is 4.26. The topological polar surface area (TPSA) is 79.4 Å². The molecule has 0 saturated heterocycles. The van der Waals surface area contributed by atoms with Gasteiger partial charge in [-0.05, 0) is 37.1 Å². The molecule has 0 aliphatic rings. The number of nitrogens with one attached hydrogen (secondary N) is 1. The van der Waals surface area contributed by atoms with Crippen molar-refractivity contribution < 1.29 is 13.2 Å². The molecule has 26 heavy (non-hydrogen) atoms. The van der Waals surface area contributed by atoms with Gasteiger partial charge in [-0.2, -0.15) is 0 Å². The molecular weight excluding hydrogens is 350 g/mol. The first-order valence-electron chi connectivity index (χ1n) is 8.49. The van der Waals surface area contributed by atoms with Gasteiger partial charge in [0, 0.05) is 37.0 Å². The van der Waals surface area contributed by atoms with Crippen LogP contribution in [-0.4, -0.2) is 50.0 Å². The largest absolute Gasteiger partial charge is 0.351 e. The third kappa shape index (κ3) is 5.12. The van der Waals surface area contributed by atoms with E-state index >= 15 is 0 Å². The highest BCUT2D eigenvalue weighted by molar-refractivity contribution is 7.88. The number of carbonyl (C=O) groups excluding carboxylic acids is 1. The molecule has 2 rings (SSSR count). The number of aryl methyl sites for hydroxylation is 2. The summed E-state index contributed by atoms with van der Waals surface area (Å²) in [7, 11) is -1.75. The van der Waals surface area contributed by atoms with Crippen LogP contribution in [-0.2, 0) is 16.4 Å². The fourth-order valence-corrected chi connectivity index (χ4v) is 2.90. The summed E-state index contributed by atoms with van der Waals surface area (Å²) < 4.78 is 23.8. The zero-order valence-corrected chi connectivity index (χ0v) is 16.4. The minimum Gasteiger partial charge on any atom is -0.351 e. The van der Waals surface area contributed by atoms with Crippen molar-refractivity contribution in [3.8, 4) is 11.3 Å². The number of rotatable bonds is 7. The van der Waals surface area contributed by atoms with Crippen LogP contribution in [0.5, 0.6) is 0 Å². The summed E-state index contributed by atoms with van der Waals surface area (Å²) in [6.07, 6.45) is 2.01. The van der Waals surface area contributed by atoms with Crippen molar-refractivity contribution in [2.45, 2.75) is 20.3 Å². The van der Waals surface area contributed by atoms with Gasteiger partial charge in [0.1, 0.15) is 0 Å². The van der Waals surface area contributed by atoms with E-state index in [0.29, 0.717) is 5.56 Å². The zero-order valence-electron chi connectivity index (χ0n) is 15.6. The Hall–Kier alpha value is -2.25. The average molecular weight is 375 g/mol. The molecule has 1 N–H and O–H groups in total. The number of amides is 1. The Morgan fingerprint density at radius 1 is 1.15 bits per heavy atom. The number of hydrogen-bond donors (Lipinski definition) is 1. The normalized spacial score (nSPS) is 11.6. The number of sulfonamides is 1. The summed E-state index contributed by atoms with van der Waals surface area (Å²) >= 11 is 0. The molecule has 140 valence electrons. The first-order chi connectivity index (χ1) is 12.2. The van der Waals surface area contributed by atoms with E-state index < -0.39 is 10.0 Å². The summed E-state index contributed by atoms with van der Waals surface area (Å²) in [5.41, 5.74) is 4.60. The van der Waals surface area contributed by atoms with Crippen molar-refractivity contribution in [2.75, 3.05) is 26.4 Å². The van der Waals surface area contributed by atoms with Gasteiger partial charge in [-0.3, -0.25) is 9.78 Å². The Balaban J connectivity index is 2.01. The van der Waals surface area contributed by atoms with Crippen LogP contribution in [0, 0.1) is 6.92 Å². The van der Waals surface area contributed by atoms with Gasteiger partial charge in [0.25, 0.3) is 5.91 Å². The number of likely N-dealkylation sites (N-methyl/N-ethyl adjacent to an activating group) is 1. The van der Waals surface area contributed by atoms with E-state index in [2.05, 4.69) is 23.3 Å². The maximum Gasteiger partial charge on any atom is 0.251 e. The highest BCUT2D eigenvalue weighted by atomic mass is 32.2. The molecule has 0 atom stereocenters. The molecule has 0 unspecified atom stereocenters. The van der Waals surface area contributed by atoms with Crippen molar-refractivity contribution in [3.63, 3.8) is 0 Å². The van der Waals surface area contributed by atoms with Crippen molar-refractivity contribution >= 4 is 15.9 Å². The lowest BCUT2D eigenvalue weighted by Gasteiger charge is -2.14. The maximum atomic E-state index is 12.2. The Morgan fingerprint density at radius 2 is 1.81 bits per heavy atom. The molecule has 1 amide bonds. The van der Waals surface area contributed by atoms with Crippen LogP contribution < -0.4 is 5.32 Å². The summed E-state index contributed by atoms with van der Waals surface area (Å²) in [5, 5.41) is 2.73. The second kappa shape index (κ2) is 8.42. The molecule has 2 aromatic rings. The van der Waals surface area contributed by atoms with Crippen molar-refractivity contribution in [1.82, 2.24) is 14.6 Å². The first kappa shape index (κ1) is 20.1. The first-order valence-corrected chi connectivity index (χ1v) is 10.3. The van der Waals surface area contributed by atoms with Gasteiger partial charge in [0.15, 0.2) is 0 Å². The van der Waals surface area contributed by atoms with Crippen molar-refractivity contribution in [1.29, 1.82) is 0 Å². The molecule has 0 bridgehead atoms. The Kier molecular flexibility index (Phi) is 6.50. The summed E-state index contributed by atoms with van der Waals surface area (Å²) in [6, 6.07) is 11.3. The van der Waals surface area contributed by atoms with Gasteiger partial charge in [-0.15, -0.1) is 0 Å². The minimum absolute atomic E-state index is 0.232. The maximum absolute atomic E-state index is 12.2. The van der Waals surface area contributed by atoms with Gasteiger partial charge in [0.2, 0.25) is 10.0 Å². The lowest BCUT2D eigenvalue weighted by molar-refractivity contribution is 0.0952. The molecule has 0 fully saturated rings. The second-order valence-corrected chi connectivity index (χ2v) is 8.32. The molecule has 6 nitrogen and oxygen atoms in total. The number of pyridine rings is 1. The van der Waals surface area contributed by atoms with Gasteiger partial charge < -0.3 is 5.32 Å². The Labute approximate surface area is 155 Å². The molecular formula is C19H25N3O3S. The van der Waals surface area contributed by atoms with Gasteiger partial charge in [0.05, 0.1) is 11.9 Å². The summed E-state index contributed by atoms with van der Waals surface area (Å²) in [4.78, 5) is 16.8. The van der Waals surface area contributed by atoms with Crippen LogP contribution in [0.2, 0.25) is 0 Å². The van der Waals surface area contributed by atoms with E-state index in [0.717, 1.165) is 29.6 Å². The predicted molar refractivity (Wildman–Crippen MR) is 104 cm³/mol. The monoisotopic (exact) mass is 375 g/mol. The SMILES string of the molecule is CCc1nc(-c2ccc(C(=O)NCCN(C)S(C)(=O)=O)cc2)ccc1C. The van der Waals surface area contributed by atoms with Gasteiger partial charge in [-0.25, -0.2) is 12.7 Å². The quantitative estimate of drug-likeness (QED) is 0.805. The minimum atomic E-state index is -3.24. The molecule has 0 aliphatic carbocycles. The summed E-state index contributed by atoms with van der Waals surface area (Å²) in [6.45, 7) is 4.61. The van der Waals surface area contributed by atoms with Crippen molar-refractivity contribution in [3.05, 3.63) is 53.2 Å². The van der Waals surface area contributed by atoms with E-state index in [-0.39, 0.29) is 19.0 Å². The predicted octanol–water partition coefficient (Wildman–Crippen LogP) is 2.24. The van der Waals surface area contributed by atoms with E-state index in [1.54, 1.807) is 12.1 Å². The van der Waals surface area contributed by atoms with Crippen LogP contribution in [0.3, 0.4) is 0 Å². The fourth-order valence-electron chi connectivity index (χ4n) is 2.48. The highest BCUT2D eigenvalue weighted by Gasteiger charge is 2.11. The van der Waals surface area contributed by atoms with Crippen LogP contribution in [0.1, 0.15) is 28.5 Å². The van der Waals surface area contributed by atoms with Crippen LogP contribution in [0.25, 0.3) is 11.3 Å². The standard InChI is InChI=1S/C19H25N3O3S/c1-5-17-14(2)6-11-18(21-17)15-7-9-16(10-8-15)19(23)20-12-13-22(3)26(4,24)25/h6-11H,5,12-13H2,1-4H3,(H,20,23). The highest BCUT2D eigenvalue weighted by Crippen LogP contribution is 2.20. The average Bonchev–Trinajstić information content (AvgIpc) is 2.61.